The van der Waals surface area contributed by atoms with Gasteiger partial charge in [-0.2, -0.15) is 5.10 Å². The summed E-state index contributed by atoms with van der Waals surface area (Å²) < 4.78 is 15.3. The summed E-state index contributed by atoms with van der Waals surface area (Å²) in [5.74, 6) is -0.784. The van der Waals surface area contributed by atoms with E-state index in [2.05, 4.69) is 10.4 Å². The summed E-state index contributed by atoms with van der Waals surface area (Å²) in [4.78, 5) is 12.4. The molecule has 0 unspecified atom stereocenters. The van der Waals surface area contributed by atoms with E-state index >= 15 is 0 Å². The van der Waals surface area contributed by atoms with Gasteiger partial charge in [0.25, 0.3) is 5.91 Å². The molecule has 7 heteroatoms. The van der Waals surface area contributed by atoms with Crippen LogP contribution in [-0.4, -0.2) is 15.7 Å². The molecule has 3 rings (SSSR count). The summed E-state index contributed by atoms with van der Waals surface area (Å²) >= 11 is 11.8. The zero-order valence-corrected chi connectivity index (χ0v) is 14.1. The second-order valence-corrected chi connectivity index (χ2v) is 5.90. The summed E-state index contributed by atoms with van der Waals surface area (Å²) in [6, 6.07) is 11.0. The van der Waals surface area contributed by atoms with E-state index in [0.29, 0.717) is 27.0 Å². The van der Waals surface area contributed by atoms with Crippen LogP contribution in [0, 0.1) is 12.7 Å². The number of aromatic nitrogens is 2. The molecule has 0 aliphatic heterocycles. The highest BCUT2D eigenvalue weighted by atomic mass is 35.5. The molecule has 24 heavy (non-hydrogen) atoms. The molecule has 0 atom stereocenters. The van der Waals surface area contributed by atoms with Gasteiger partial charge in [0.05, 0.1) is 27.5 Å². The SMILES string of the molecule is Cc1c(C(=O)Nc2ccc(Cl)c(Cl)c2)cnn1-c1ccccc1F. The van der Waals surface area contributed by atoms with E-state index in [9.17, 15) is 9.18 Å². The van der Waals surface area contributed by atoms with E-state index in [1.807, 2.05) is 0 Å². The summed E-state index contributed by atoms with van der Waals surface area (Å²) in [6.45, 7) is 1.70. The molecule has 0 aliphatic rings. The Balaban J connectivity index is 1.89. The number of carbonyl (C=O) groups is 1. The van der Waals surface area contributed by atoms with E-state index in [0.717, 1.165) is 0 Å². The van der Waals surface area contributed by atoms with E-state index in [-0.39, 0.29) is 11.6 Å². The number of hydrogen-bond acceptors (Lipinski definition) is 2. The number of benzene rings is 2. The maximum Gasteiger partial charge on any atom is 0.259 e. The summed E-state index contributed by atoms with van der Waals surface area (Å²) in [7, 11) is 0. The summed E-state index contributed by atoms with van der Waals surface area (Å²) in [5, 5.41) is 7.57. The number of carbonyl (C=O) groups excluding carboxylic acids is 1. The van der Waals surface area contributed by atoms with Gasteiger partial charge in [-0.05, 0) is 37.3 Å². The standard InChI is InChI=1S/C17H12Cl2FN3O/c1-10-12(9-21-23(10)16-5-3-2-4-15(16)20)17(24)22-11-6-7-13(18)14(19)8-11/h2-9H,1H3,(H,22,24). The number of para-hydroxylation sites is 1. The molecule has 1 aromatic heterocycles. The molecule has 0 fully saturated rings. The van der Waals surface area contributed by atoms with Gasteiger partial charge in [0.1, 0.15) is 11.5 Å². The average molecular weight is 364 g/mol. The molecule has 0 radical (unpaired) electrons. The van der Waals surface area contributed by atoms with Crippen LogP contribution in [0.5, 0.6) is 0 Å². The molecule has 1 heterocycles. The van der Waals surface area contributed by atoms with Gasteiger partial charge in [0.15, 0.2) is 0 Å². The van der Waals surface area contributed by atoms with Crippen molar-refractivity contribution in [1.82, 2.24) is 9.78 Å². The highest BCUT2D eigenvalue weighted by Gasteiger charge is 2.17. The number of hydrogen-bond donors (Lipinski definition) is 1. The molecule has 0 aliphatic carbocycles. The Hall–Kier alpha value is -2.37. The van der Waals surface area contributed by atoms with Crippen LogP contribution in [-0.2, 0) is 0 Å². The van der Waals surface area contributed by atoms with Crippen LogP contribution in [0.1, 0.15) is 16.1 Å². The molecular weight excluding hydrogens is 352 g/mol. The van der Waals surface area contributed by atoms with Gasteiger partial charge in [-0.15, -0.1) is 0 Å². The molecule has 4 nitrogen and oxygen atoms in total. The zero-order chi connectivity index (χ0) is 17.3. The molecule has 0 saturated carbocycles. The Labute approximate surface area is 147 Å². The second-order valence-electron chi connectivity index (χ2n) is 5.09. The lowest BCUT2D eigenvalue weighted by molar-refractivity contribution is 0.102. The monoisotopic (exact) mass is 363 g/mol. The lowest BCUT2D eigenvalue weighted by Gasteiger charge is -2.08. The fourth-order valence-corrected chi connectivity index (χ4v) is 2.57. The third-order valence-electron chi connectivity index (χ3n) is 3.51. The molecule has 0 saturated heterocycles. The Bertz CT molecular complexity index is 924. The number of amides is 1. The van der Waals surface area contributed by atoms with Crippen LogP contribution in [0.2, 0.25) is 10.0 Å². The van der Waals surface area contributed by atoms with Gasteiger partial charge in [-0.25, -0.2) is 9.07 Å². The van der Waals surface area contributed by atoms with Crippen molar-refractivity contribution in [2.75, 3.05) is 5.32 Å². The van der Waals surface area contributed by atoms with E-state index in [1.54, 1.807) is 43.3 Å². The number of rotatable bonds is 3. The first-order chi connectivity index (χ1) is 11.5. The van der Waals surface area contributed by atoms with Crippen molar-refractivity contribution >= 4 is 34.8 Å². The van der Waals surface area contributed by atoms with Crippen molar-refractivity contribution in [3.05, 3.63) is 75.8 Å². The Morgan fingerprint density at radius 1 is 1.17 bits per heavy atom. The molecule has 0 spiro atoms. The minimum absolute atomic E-state index is 0.281. The molecule has 0 bridgehead atoms. The van der Waals surface area contributed by atoms with Crippen molar-refractivity contribution in [3.8, 4) is 5.69 Å². The predicted octanol–water partition coefficient (Wildman–Crippen LogP) is 4.88. The van der Waals surface area contributed by atoms with E-state index in [4.69, 9.17) is 23.2 Å². The van der Waals surface area contributed by atoms with Crippen molar-refractivity contribution in [3.63, 3.8) is 0 Å². The lowest BCUT2D eigenvalue weighted by Crippen LogP contribution is -2.13. The highest BCUT2D eigenvalue weighted by molar-refractivity contribution is 6.42. The largest absolute Gasteiger partial charge is 0.322 e. The second kappa shape index (κ2) is 6.63. The van der Waals surface area contributed by atoms with Gasteiger partial charge in [0, 0.05) is 5.69 Å². The number of halogens is 3. The predicted molar refractivity (Wildman–Crippen MR) is 92.7 cm³/mol. The zero-order valence-electron chi connectivity index (χ0n) is 12.6. The van der Waals surface area contributed by atoms with Crippen molar-refractivity contribution in [2.45, 2.75) is 6.92 Å². The van der Waals surface area contributed by atoms with Crippen molar-refractivity contribution in [1.29, 1.82) is 0 Å². The van der Waals surface area contributed by atoms with Crippen LogP contribution < -0.4 is 5.32 Å². The normalized spacial score (nSPS) is 10.7. The average Bonchev–Trinajstić information content (AvgIpc) is 2.93. The van der Waals surface area contributed by atoms with Gasteiger partial charge in [-0.3, -0.25) is 4.79 Å². The third kappa shape index (κ3) is 3.13. The number of nitrogens with zero attached hydrogens (tertiary/aromatic N) is 2. The molecule has 2 aromatic carbocycles. The van der Waals surface area contributed by atoms with Crippen LogP contribution >= 0.6 is 23.2 Å². The van der Waals surface area contributed by atoms with E-state index < -0.39 is 5.82 Å². The maximum absolute atomic E-state index is 13.9. The van der Waals surface area contributed by atoms with Gasteiger partial charge in [0.2, 0.25) is 0 Å². The van der Waals surface area contributed by atoms with E-state index in [1.165, 1.54) is 16.9 Å². The van der Waals surface area contributed by atoms with Crippen LogP contribution in [0.15, 0.2) is 48.7 Å². The Morgan fingerprint density at radius 2 is 1.92 bits per heavy atom. The fraction of sp³-hybridized carbons (Fsp3) is 0.0588. The minimum Gasteiger partial charge on any atom is -0.322 e. The fourth-order valence-electron chi connectivity index (χ4n) is 2.27. The van der Waals surface area contributed by atoms with Crippen LogP contribution in [0.25, 0.3) is 5.69 Å². The quantitative estimate of drug-likeness (QED) is 0.720. The van der Waals surface area contributed by atoms with Crippen LogP contribution in [0.3, 0.4) is 0 Å². The number of nitrogens with one attached hydrogen (secondary N) is 1. The topological polar surface area (TPSA) is 46.9 Å². The van der Waals surface area contributed by atoms with Crippen molar-refractivity contribution in [2.24, 2.45) is 0 Å². The van der Waals surface area contributed by atoms with Crippen molar-refractivity contribution < 1.29 is 9.18 Å². The Morgan fingerprint density at radius 3 is 2.62 bits per heavy atom. The summed E-state index contributed by atoms with van der Waals surface area (Å²) in [5.41, 5.74) is 1.65. The van der Waals surface area contributed by atoms with Gasteiger partial charge >= 0.3 is 0 Å². The molecular formula is C17H12Cl2FN3O. The molecule has 3 aromatic rings. The summed E-state index contributed by atoms with van der Waals surface area (Å²) in [6.07, 6.45) is 1.40. The van der Waals surface area contributed by atoms with Gasteiger partial charge in [-0.1, -0.05) is 35.3 Å². The highest BCUT2D eigenvalue weighted by Crippen LogP contribution is 2.25. The van der Waals surface area contributed by atoms with Crippen LogP contribution in [0.4, 0.5) is 10.1 Å². The van der Waals surface area contributed by atoms with Gasteiger partial charge < -0.3 is 5.32 Å². The first-order valence-electron chi connectivity index (χ1n) is 7.03. The minimum atomic E-state index is -0.417. The first-order valence-corrected chi connectivity index (χ1v) is 7.79. The number of anilines is 1. The molecule has 1 N–H and O–H groups in total. The lowest BCUT2D eigenvalue weighted by atomic mass is 10.2. The maximum atomic E-state index is 13.9. The smallest absolute Gasteiger partial charge is 0.259 e. The third-order valence-corrected chi connectivity index (χ3v) is 4.25. The molecule has 1 amide bonds. The first kappa shape index (κ1) is 16.5. The molecule has 122 valence electrons. The Kier molecular flexibility index (Phi) is 4.55.